The van der Waals surface area contributed by atoms with Crippen LogP contribution in [-0.2, 0) is 0 Å². The first-order valence-electron chi connectivity index (χ1n) is 5.55. The van der Waals surface area contributed by atoms with Crippen molar-refractivity contribution in [3.05, 3.63) is 11.9 Å². The molecule has 0 spiro atoms. The van der Waals surface area contributed by atoms with Gasteiger partial charge in [0.25, 0.3) is 0 Å². The summed E-state index contributed by atoms with van der Waals surface area (Å²) >= 11 is 0. The molecule has 0 aliphatic rings. The SMILES string of the molecule is CCCCCCCC.Cc1cnon1. The molecule has 1 heterocycles. The molecule has 3 heteroatoms. The van der Waals surface area contributed by atoms with E-state index in [1.54, 1.807) is 6.20 Å². The lowest BCUT2D eigenvalue weighted by molar-refractivity contribution is 0.304. The predicted molar refractivity (Wildman–Crippen MR) is 58.1 cm³/mol. The molecule has 0 bridgehead atoms. The molecule has 82 valence electrons. The molecule has 0 saturated heterocycles. The smallest absolute Gasteiger partial charge is 0.102 e. The van der Waals surface area contributed by atoms with Gasteiger partial charge in [0, 0.05) is 0 Å². The normalized spacial score (nSPS) is 9.36. The van der Waals surface area contributed by atoms with Gasteiger partial charge in [0.2, 0.25) is 0 Å². The first-order valence-corrected chi connectivity index (χ1v) is 5.55. The van der Waals surface area contributed by atoms with E-state index in [4.69, 9.17) is 0 Å². The average Bonchev–Trinajstić information content (AvgIpc) is 2.65. The van der Waals surface area contributed by atoms with E-state index in [-0.39, 0.29) is 0 Å². The zero-order chi connectivity index (χ0) is 10.6. The standard InChI is InChI=1S/C8H18.C3H4N2O/c1-3-5-7-8-6-4-2;1-3-2-4-6-5-3/h3-8H2,1-2H3;2H,1H3. The van der Waals surface area contributed by atoms with Crippen LogP contribution in [0.3, 0.4) is 0 Å². The van der Waals surface area contributed by atoms with E-state index < -0.39 is 0 Å². The van der Waals surface area contributed by atoms with Gasteiger partial charge in [-0.1, -0.05) is 62.7 Å². The van der Waals surface area contributed by atoms with Gasteiger partial charge in [0.15, 0.2) is 0 Å². The largest absolute Gasteiger partial charge is 0.244 e. The zero-order valence-electron chi connectivity index (χ0n) is 9.62. The highest BCUT2D eigenvalue weighted by Gasteiger charge is 1.83. The quantitative estimate of drug-likeness (QED) is 0.676. The Balaban J connectivity index is 0.000000249. The van der Waals surface area contributed by atoms with E-state index >= 15 is 0 Å². The third kappa shape index (κ3) is 9.23. The zero-order valence-corrected chi connectivity index (χ0v) is 9.62. The van der Waals surface area contributed by atoms with Crippen LogP contribution in [0, 0.1) is 6.92 Å². The molecule has 0 saturated carbocycles. The van der Waals surface area contributed by atoms with Gasteiger partial charge in [-0.2, -0.15) is 0 Å². The van der Waals surface area contributed by atoms with Crippen LogP contribution >= 0.6 is 0 Å². The van der Waals surface area contributed by atoms with Gasteiger partial charge in [-0.25, -0.2) is 4.63 Å². The second-order valence-electron chi connectivity index (χ2n) is 3.46. The Morgan fingerprint density at radius 3 is 1.86 bits per heavy atom. The predicted octanol–water partition coefficient (Wildman–Crippen LogP) is 3.74. The van der Waals surface area contributed by atoms with Gasteiger partial charge >= 0.3 is 0 Å². The molecular weight excluding hydrogens is 176 g/mol. The molecule has 3 nitrogen and oxygen atoms in total. The van der Waals surface area contributed by atoms with Crippen molar-refractivity contribution >= 4 is 0 Å². The summed E-state index contributed by atoms with van der Waals surface area (Å²) in [6, 6.07) is 0. The van der Waals surface area contributed by atoms with Crippen LogP contribution in [0.1, 0.15) is 58.1 Å². The van der Waals surface area contributed by atoms with Gasteiger partial charge in [-0.3, -0.25) is 0 Å². The fourth-order valence-corrected chi connectivity index (χ4v) is 1.06. The van der Waals surface area contributed by atoms with Gasteiger partial charge in [0.1, 0.15) is 5.69 Å². The van der Waals surface area contributed by atoms with Crippen molar-refractivity contribution in [1.29, 1.82) is 0 Å². The van der Waals surface area contributed by atoms with Crippen LogP contribution in [0.25, 0.3) is 0 Å². The van der Waals surface area contributed by atoms with E-state index in [0.29, 0.717) is 0 Å². The summed E-state index contributed by atoms with van der Waals surface area (Å²) in [5.41, 5.74) is 0.815. The number of hydrogen-bond donors (Lipinski definition) is 0. The molecule has 0 radical (unpaired) electrons. The van der Waals surface area contributed by atoms with Crippen molar-refractivity contribution in [3.63, 3.8) is 0 Å². The third-order valence-corrected chi connectivity index (χ3v) is 1.93. The first kappa shape index (κ1) is 13.1. The van der Waals surface area contributed by atoms with E-state index in [1.165, 1.54) is 38.5 Å². The molecule has 0 aliphatic heterocycles. The third-order valence-electron chi connectivity index (χ3n) is 1.93. The topological polar surface area (TPSA) is 38.9 Å². The monoisotopic (exact) mass is 198 g/mol. The Labute approximate surface area is 86.9 Å². The van der Waals surface area contributed by atoms with Crippen LogP contribution in [0.2, 0.25) is 0 Å². The molecule has 1 aromatic rings. The van der Waals surface area contributed by atoms with Crippen molar-refractivity contribution in [3.8, 4) is 0 Å². The number of aryl methyl sites for hydroxylation is 1. The highest BCUT2D eigenvalue weighted by molar-refractivity contribution is 4.81. The highest BCUT2D eigenvalue weighted by atomic mass is 16.6. The van der Waals surface area contributed by atoms with Crippen LogP contribution < -0.4 is 0 Å². The molecule has 0 atom stereocenters. The Hall–Kier alpha value is -0.860. The maximum absolute atomic E-state index is 4.21. The molecule has 0 amide bonds. The minimum absolute atomic E-state index is 0.815. The van der Waals surface area contributed by atoms with E-state index in [0.717, 1.165) is 5.69 Å². The summed E-state index contributed by atoms with van der Waals surface area (Å²) in [5.74, 6) is 0. The van der Waals surface area contributed by atoms with Crippen LogP contribution in [0.4, 0.5) is 0 Å². The number of aromatic nitrogens is 2. The Morgan fingerprint density at radius 1 is 1.07 bits per heavy atom. The van der Waals surface area contributed by atoms with Crippen molar-refractivity contribution in [2.75, 3.05) is 0 Å². The molecule has 0 aromatic carbocycles. The highest BCUT2D eigenvalue weighted by Crippen LogP contribution is 2.03. The molecule has 1 rings (SSSR count). The van der Waals surface area contributed by atoms with Crippen molar-refractivity contribution in [2.45, 2.75) is 59.3 Å². The summed E-state index contributed by atoms with van der Waals surface area (Å²) in [7, 11) is 0. The van der Waals surface area contributed by atoms with Crippen molar-refractivity contribution < 1.29 is 4.63 Å². The summed E-state index contributed by atoms with van der Waals surface area (Å²) < 4.78 is 4.21. The number of rotatable bonds is 5. The number of unbranched alkanes of at least 4 members (excludes halogenated alkanes) is 5. The van der Waals surface area contributed by atoms with Gasteiger partial charge in [-0.15, -0.1) is 0 Å². The van der Waals surface area contributed by atoms with Gasteiger partial charge < -0.3 is 0 Å². The summed E-state index contributed by atoms with van der Waals surface area (Å²) in [5, 5.41) is 6.77. The minimum atomic E-state index is 0.815. The van der Waals surface area contributed by atoms with E-state index in [1.807, 2.05) is 6.92 Å². The molecular formula is C11H22N2O. The number of nitrogens with zero attached hydrogens (tertiary/aromatic N) is 2. The van der Waals surface area contributed by atoms with Crippen LogP contribution in [0.15, 0.2) is 10.8 Å². The van der Waals surface area contributed by atoms with Crippen LogP contribution in [0.5, 0.6) is 0 Å². The maximum Gasteiger partial charge on any atom is 0.102 e. The first-order chi connectivity index (χ1) is 6.81. The lowest BCUT2D eigenvalue weighted by Crippen LogP contribution is -1.73. The summed E-state index contributed by atoms with van der Waals surface area (Å²) in [4.78, 5) is 0. The second kappa shape index (κ2) is 10.2. The van der Waals surface area contributed by atoms with Gasteiger partial charge in [0.05, 0.1) is 6.20 Å². The summed E-state index contributed by atoms with van der Waals surface area (Å²) in [6.45, 7) is 6.33. The number of hydrogen-bond acceptors (Lipinski definition) is 3. The molecule has 0 aliphatic carbocycles. The average molecular weight is 198 g/mol. The van der Waals surface area contributed by atoms with E-state index in [2.05, 4.69) is 28.8 Å². The fraction of sp³-hybridized carbons (Fsp3) is 0.818. The minimum Gasteiger partial charge on any atom is -0.244 e. The second-order valence-corrected chi connectivity index (χ2v) is 3.46. The fourth-order valence-electron chi connectivity index (χ4n) is 1.06. The van der Waals surface area contributed by atoms with Crippen molar-refractivity contribution in [1.82, 2.24) is 10.3 Å². The van der Waals surface area contributed by atoms with Crippen LogP contribution in [-0.4, -0.2) is 10.3 Å². The molecule has 0 N–H and O–H groups in total. The Bertz CT molecular complexity index is 179. The van der Waals surface area contributed by atoms with E-state index in [9.17, 15) is 0 Å². The summed E-state index contributed by atoms with van der Waals surface area (Å²) in [6.07, 6.45) is 10.0. The van der Waals surface area contributed by atoms with Gasteiger partial charge in [-0.05, 0) is 6.92 Å². The molecule has 0 fully saturated rings. The maximum atomic E-state index is 4.21. The molecule has 14 heavy (non-hydrogen) atoms. The molecule has 0 unspecified atom stereocenters. The molecule has 1 aromatic heterocycles. The van der Waals surface area contributed by atoms with Crippen molar-refractivity contribution in [2.24, 2.45) is 0 Å². The Morgan fingerprint density at radius 2 is 1.64 bits per heavy atom. The lowest BCUT2D eigenvalue weighted by atomic mass is 10.1. The lowest BCUT2D eigenvalue weighted by Gasteiger charge is -1.93. The Kier molecular flexibility index (Phi) is 9.59.